The Kier molecular flexibility index (Phi) is 6.15. The van der Waals surface area contributed by atoms with Crippen LogP contribution in [0, 0.1) is 11.2 Å². The summed E-state index contributed by atoms with van der Waals surface area (Å²) in [6.45, 7) is 7.90. The largest absolute Gasteiger partial charge is 0.490 e. The van der Waals surface area contributed by atoms with Gasteiger partial charge in [0.05, 0.1) is 24.8 Å². The molecule has 1 atom stereocenters. The lowest BCUT2D eigenvalue weighted by molar-refractivity contribution is 0.0893. The maximum absolute atomic E-state index is 13.7. The molecule has 4 nitrogen and oxygen atoms in total. The molecule has 0 aliphatic rings. The van der Waals surface area contributed by atoms with E-state index in [-0.39, 0.29) is 36.0 Å². The third-order valence-corrected chi connectivity index (χ3v) is 2.91. The van der Waals surface area contributed by atoms with Crippen LogP contribution in [0.25, 0.3) is 0 Å². The van der Waals surface area contributed by atoms with Crippen LogP contribution in [-0.2, 0) is 0 Å². The molecule has 0 spiro atoms. The Labute approximate surface area is 125 Å². The second-order valence-electron chi connectivity index (χ2n) is 6.17. The van der Waals surface area contributed by atoms with Crippen LogP contribution in [0.1, 0.15) is 44.5 Å². The number of aliphatic hydroxyl groups excluding tert-OH is 1. The van der Waals surface area contributed by atoms with E-state index in [0.717, 1.165) is 0 Å². The highest BCUT2D eigenvalue weighted by atomic mass is 19.1. The summed E-state index contributed by atoms with van der Waals surface area (Å²) < 4.78 is 18.9. The van der Waals surface area contributed by atoms with Gasteiger partial charge >= 0.3 is 0 Å². The number of amides is 1. The molecular formula is C16H24FNO3. The molecule has 0 bridgehead atoms. The Morgan fingerprint density at radius 3 is 2.62 bits per heavy atom. The first-order valence-electron chi connectivity index (χ1n) is 7.11. The summed E-state index contributed by atoms with van der Waals surface area (Å²) in [5.74, 6) is -1.06. The predicted molar refractivity (Wildman–Crippen MR) is 80.0 cm³/mol. The van der Waals surface area contributed by atoms with E-state index in [1.165, 1.54) is 18.2 Å². The van der Waals surface area contributed by atoms with Gasteiger partial charge in [-0.1, -0.05) is 26.8 Å². The van der Waals surface area contributed by atoms with Crippen molar-refractivity contribution in [2.24, 2.45) is 5.41 Å². The standard InChI is InChI=1S/C16H24FNO3/c1-5-21-14-12(7-6-8-13(14)17)15(20)18-11(10-19)9-16(2,3)4/h6-8,11,19H,5,9-10H2,1-4H3,(H,18,20). The molecule has 0 aliphatic carbocycles. The van der Waals surface area contributed by atoms with Gasteiger partial charge in [0.2, 0.25) is 0 Å². The Bertz CT molecular complexity index is 483. The molecule has 5 heteroatoms. The van der Waals surface area contributed by atoms with Crippen molar-refractivity contribution in [3.63, 3.8) is 0 Å². The Hall–Kier alpha value is -1.62. The summed E-state index contributed by atoms with van der Waals surface area (Å²) >= 11 is 0. The molecule has 21 heavy (non-hydrogen) atoms. The van der Waals surface area contributed by atoms with Crippen molar-refractivity contribution >= 4 is 5.91 Å². The first-order chi connectivity index (χ1) is 9.78. The molecule has 1 unspecified atom stereocenters. The normalized spacial score (nSPS) is 12.9. The topological polar surface area (TPSA) is 58.6 Å². The summed E-state index contributed by atoms with van der Waals surface area (Å²) in [4.78, 5) is 12.3. The number of para-hydroxylation sites is 1. The molecule has 0 aliphatic heterocycles. The fraction of sp³-hybridized carbons (Fsp3) is 0.562. The van der Waals surface area contributed by atoms with Gasteiger partial charge in [-0.05, 0) is 30.9 Å². The maximum Gasteiger partial charge on any atom is 0.255 e. The lowest BCUT2D eigenvalue weighted by atomic mass is 9.88. The van der Waals surface area contributed by atoms with Gasteiger partial charge in [0.15, 0.2) is 11.6 Å². The molecule has 0 radical (unpaired) electrons. The van der Waals surface area contributed by atoms with E-state index in [4.69, 9.17) is 4.74 Å². The van der Waals surface area contributed by atoms with Gasteiger partial charge < -0.3 is 15.2 Å². The van der Waals surface area contributed by atoms with Crippen LogP contribution >= 0.6 is 0 Å². The molecule has 0 heterocycles. The van der Waals surface area contributed by atoms with Gasteiger partial charge in [-0.15, -0.1) is 0 Å². The minimum Gasteiger partial charge on any atom is -0.490 e. The van der Waals surface area contributed by atoms with Crippen molar-refractivity contribution in [1.29, 1.82) is 0 Å². The van der Waals surface area contributed by atoms with Crippen LogP contribution in [0.2, 0.25) is 0 Å². The number of hydrogen-bond donors (Lipinski definition) is 2. The minimum absolute atomic E-state index is 0.0363. The molecule has 0 fully saturated rings. The number of ether oxygens (including phenoxy) is 1. The fourth-order valence-corrected chi connectivity index (χ4v) is 2.14. The van der Waals surface area contributed by atoms with Crippen molar-refractivity contribution in [3.05, 3.63) is 29.6 Å². The van der Waals surface area contributed by atoms with Crippen molar-refractivity contribution in [2.75, 3.05) is 13.2 Å². The monoisotopic (exact) mass is 297 g/mol. The van der Waals surface area contributed by atoms with E-state index >= 15 is 0 Å². The molecule has 0 saturated carbocycles. The van der Waals surface area contributed by atoms with Crippen molar-refractivity contribution in [1.82, 2.24) is 5.32 Å². The Morgan fingerprint density at radius 1 is 1.43 bits per heavy atom. The number of nitrogens with one attached hydrogen (secondary N) is 1. The second-order valence-corrected chi connectivity index (χ2v) is 6.17. The van der Waals surface area contributed by atoms with Crippen LogP contribution in [0.4, 0.5) is 4.39 Å². The van der Waals surface area contributed by atoms with E-state index in [1.54, 1.807) is 6.92 Å². The number of carbonyl (C=O) groups excluding carboxylic acids is 1. The van der Waals surface area contributed by atoms with E-state index in [0.29, 0.717) is 6.42 Å². The molecule has 0 saturated heterocycles. The summed E-state index contributed by atoms with van der Waals surface area (Å²) in [6.07, 6.45) is 0.620. The first-order valence-corrected chi connectivity index (χ1v) is 7.11. The quantitative estimate of drug-likeness (QED) is 0.849. The number of carbonyl (C=O) groups is 1. The lowest BCUT2D eigenvalue weighted by Crippen LogP contribution is -2.40. The smallest absolute Gasteiger partial charge is 0.255 e. The summed E-state index contributed by atoms with van der Waals surface area (Å²) in [5.41, 5.74) is 0.106. The average molecular weight is 297 g/mol. The Morgan fingerprint density at radius 2 is 2.10 bits per heavy atom. The van der Waals surface area contributed by atoms with Crippen LogP contribution in [0.5, 0.6) is 5.75 Å². The average Bonchev–Trinajstić information content (AvgIpc) is 2.38. The highest BCUT2D eigenvalue weighted by Gasteiger charge is 2.22. The highest BCUT2D eigenvalue weighted by molar-refractivity contribution is 5.97. The first kappa shape index (κ1) is 17.4. The van der Waals surface area contributed by atoms with Crippen molar-refractivity contribution in [2.45, 2.75) is 40.2 Å². The highest BCUT2D eigenvalue weighted by Crippen LogP contribution is 2.24. The predicted octanol–water partition coefficient (Wildman–Crippen LogP) is 2.75. The molecule has 1 aromatic carbocycles. The fourth-order valence-electron chi connectivity index (χ4n) is 2.14. The summed E-state index contributed by atoms with van der Waals surface area (Å²) in [7, 11) is 0. The third kappa shape index (κ3) is 5.34. The van der Waals surface area contributed by atoms with Gasteiger partial charge in [-0.2, -0.15) is 0 Å². The van der Waals surface area contributed by atoms with Crippen LogP contribution in [-0.4, -0.2) is 30.3 Å². The second kappa shape index (κ2) is 7.41. The van der Waals surface area contributed by atoms with Crippen molar-refractivity contribution in [3.8, 4) is 5.75 Å². The van der Waals surface area contributed by atoms with Gasteiger partial charge in [0.1, 0.15) is 0 Å². The van der Waals surface area contributed by atoms with Crippen molar-refractivity contribution < 1.29 is 19.0 Å². The van der Waals surface area contributed by atoms with Crippen LogP contribution < -0.4 is 10.1 Å². The maximum atomic E-state index is 13.7. The molecule has 1 rings (SSSR count). The molecule has 118 valence electrons. The lowest BCUT2D eigenvalue weighted by Gasteiger charge is -2.25. The zero-order chi connectivity index (χ0) is 16.0. The number of aliphatic hydroxyl groups is 1. The number of rotatable bonds is 6. The zero-order valence-electron chi connectivity index (χ0n) is 13.1. The van der Waals surface area contributed by atoms with Gasteiger partial charge in [0, 0.05) is 0 Å². The van der Waals surface area contributed by atoms with Crippen LogP contribution in [0.15, 0.2) is 18.2 Å². The Balaban J connectivity index is 2.90. The third-order valence-electron chi connectivity index (χ3n) is 2.91. The molecular weight excluding hydrogens is 273 g/mol. The summed E-state index contributed by atoms with van der Waals surface area (Å²) in [6, 6.07) is 3.84. The van der Waals surface area contributed by atoms with Crippen LogP contribution in [0.3, 0.4) is 0 Å². The zero-order valence-corrected chi connectivity index (χ0v) is 13.1. The molecule has 0 aromatic heterocycles. The number of benzene rings is 1. The number of hydrogen-bond acceptors (Lipinski definition) is 3. The molecule has 1 aromatic rings. The van der Waals surface area contributed by atoms with Gasteiger partial charge in [-0.3, -0.25) is 4.79 Å². The van der Waals surface area contributed by atoms with Gasteiger partial charge in [0.25, 0.3) is 5.91 Å². The number of halogens is 1. The van der Waals surface area contributed by atoms with E-state index < -0.39 is 11.7 Å². The molecule has 1 amide bonds. The molecule has 2 N–H and O–H groups in total. The van der Waals surface area contributed by atoms with E-state index in [9.17, 15) is 14.3 Å². The van der Waals surface area contributed by atoms with E-state index in [2.05, 4.69) is 5.32 Å². The van der Waals surface area contributed by atoms with E-state index in [1.807, 2.05) is 20.8 Å². The summed E-state index contributed by atoms with van der Waals surface area (Å²) in [5, 5.41) is 12.1. The SMILES string of the molecule is CCOc1c(F)cccc1C(=O)NC(CO)CC(C)(C)C. The minimum atomic E-state index is -0.569. The van der Waals surface area contributed by atoms with Gasteiger partial charge in [-0.25, -0.2) is 4.39 Å².